The molecule has 0 aliphatic carbocycles. The summed E-state index contributed by atoms with van der Waals surface area (Å²) in [6, 6.07) is 3.87. The number of nitrogens with one attached hydrogen (secondary N) is 1. The summed E-state index contributed by atoms with van der Waals surface area (Å²) >= 11 is 0. The van der Waals surface area contributed by atoms with E-state index in [-0.39, 0.29) is 23.5 Å². The van der Waals surface area contributed by atoms with Crippen LogP contribution in [0.15, 0.2) is 35.5 Å². The van der Waals surface area contributed by atoms with E-state index in [0.29, 0.717) is 13.0 Å². The van der Waals surface area contributed by atoms with Gasteiger partial charge in [0.15, 0.2) is 0 Å². The van der Waals surface area contributed by atoms with E-state index in [4.69, 9.17) is 5.73 Å². The van der Waals surface area contributed by atoms with Gasteiger partial charge in [-0.25, -0.2) is 17.5 Å². The number of benzene rings is 1. The van der Waals surface area contributed by atoms with Crippen molar-refractivity contribution >= 4 is 10.0 Å². The number of hydrogen-bond acceptors (Lipinski definition) is 5. The monoisotopic (exact) mass is 313 g/mol. The highest BCUT2D eigenvalue weighted by Crippen LogP contribution is 2.18. The van der Waals surface area contributed by atoms with E-state index in [9.17, 15) is 12.8 Å². The maximum atomic E-state index is 13.6. The predicted octanol–water partition coefficient (Wildman–Crippen LogP) is 0.244. The van der Waals surface area contributed by atoms with Gasteiger partial charge in [-0.2, -0.15) is 0 Å². The van der Waals surface area contributed by atoms with Gasteiger partial charge in [-0.05, 0) is 18.6 Å². The summed E-state index contributed by atoms with van der Waals surface area (Å²) in [5.74, 6) is -0.622. The van der Waals surface area contributed by atoms with Gasteiger partial charge in [0.05, 0.1) is 11.1 Å². The van der Waals surface area contributed by atoms with Crippen LogP contribution < -0.4 is 10.5 Å². The van der Waals surface area contributed by atoms with E-state index in [2.05, 4.69) is 15.0 Å². The highest BCUT2D eigenvalue weighted by molar-refractivity contribution is 7.89. The van der Waals surface area contributed by atoms with Crippen molar-refractivity contribution in [2.45, 2.75) is 24.4 Å². The lowest BCUT2D eigenvalue weighted by atomic mass is 10.2. The maximum absolute atomic E-state index is 13.6. The van der Waals surface area contributed by atoms with Crippen molar-refractivity contribution in [3.63, 3.8) is 0 Å². The zero-order valence-electron chi connectivity index (χ0n) is 11.2. The zero-order chi connectivity index (χ0) is 15.3. The molecule has 0 amide bonds. The summed E-state index contributed by atoms with van der Waals surface area (Å²) in [6.45, 7) is 0.569. The molecule has 2 aromatic rings. The van der Waals surface area contributed by atoms with E-state index in [0.717, 1.165) is 0 Å². The van der Waals surface area contributed by atoms with Gasteiger partial charge in [0.25, 0.3) is 0 Å². The molecule has 9 heteroatoms. The van der Waals surface area contributed by atoms with Crippen LogP contribution in [-0.2, 0) is 23.1 Å². The Morgan fingerprint density at radius 1 is 1.38 bits per heavy atom. The van der Waals surface area contributed by atoms with E-state index < -0.39 is 15.8 Å². The molecule has 0 atom stereocenters. The van der Waals surface area contributed by atoms with Crippen molar-refractivity contribution in [3.05, 3.63) is 42.0 Å². The second-order valence-electron chi connectivity index (χ2n) is 4.34. The van der Waals surface area contributed by atoms with Crippen molar-refractivity contribution in [3.8, 4) is 0 Å². The summed E-state index contributed by atoms with van der Waals surface area (Å²) in [4.78, 5) is -0.120. The molecule has 0 bridgehead atoms. The first-order valence-corrected chi connectivity index (χ1v) is 7.84. The highest BCUT2D eigenvalue weighted by atomic mass is 32.2. The molecule has 0 unspecified atom stereocenters. The van der Waals surface area contributed by atoms with Gasteiger partial charge in [0.1, 0.15) is 5.82 Å². The molecule has 114 valence electrons. The Balaban J connectivity index is 2.00. The molecule has 0 aliphatic heterocycles. The third kappa shape index (κ3) is 3.84. The predicted molar refractivity (Wildman–Crippen MR) is 74.1 cm³/mol. The first-order valence-electron chi connectivity index (χ1n) is 6.36. The van der Waals surface area contributed by atoms with Crippen LogP contribution in [0.3, 0.4) is 0 Å². The van der Waals surface area contributed by atoms with Crippen LogP contribution in [0.4, 0.5) is 4.39 Å². The van der Waals surface area contributed by atoms with E-state index in [1.54, 1.807) is 17.1 Å². The number of nitrogens with two attached hydrogens (primary N) is 1. The van der Waals surface area contributed by atoms with Crippen LogP contribution in [0.5, 0.6) is 0 Å². The number of halogens is 1. The molecule has 0 saturated heterocycles. The number of hydrogen-bond donors (Lipinski definition) is 2. The molecule has 0 saturated carbocycles. The van der Waals surface area contributed by atoms with Crippen molar-refractivity contribution in [1.29, 1.82) is 0 Å². The molecule has 1 aromatic carbocycles. The molecule has 2 rings (SSSR count). The standard InChI is InChI=1S/C12H16FN5O2S/c13-11-3-1-4-12(10(11)9-14)21(19,20)16-5-2-7-18-8-6-15-17-18/h1,3-4,6,8,16H,2,5,7,9,14H2. The lowest BCUT2D eigenvalue weighted by molar-refractivity contribution is 0.540. The maximum Gasteiger partial charge on any atom is 0.240 e. The Labute approximate surface area is 122 Å². The fourth-order valence-corrected chi connectivity index (χ4v) is 3.20. The molecule has 3 N–H and O–H groups in total. The first-order chi connectivity index (χ1) is 10.0. The van der Waals surface area contributed by atoms with Crippen molar-refractivity contribution < 1.29 is 12.8 Å². The normalized spacial score (nSPS) is 11.7. The first kappa shape index (κ1) is 15.5. The van der Waals surface area contributed by atoms with Crippen LogP contribution >= 0.6 is 0 Å². The van der Waals surface area contributed by atoms with Gasteiger partial charge < -0.3 is 5.73 Å². The van der Waals surface area contributed by atoms with Crippen LogP contribution in [0, 0.1) is 5.82 Å². The molecule has 0 aliphatic rings. The Kier molecular flexibility index (Phi) is 4.99. The summed E-state index contributed by atoms with van der Waals surface area (Å²) < 4.78 is 41.9. The van der Waals surface area contributed by atoms with Crippen molar-refractivity contribution in [2.24, 2.45) is 5.73 Å². The van der Waals surface area contributed by atoms with E-state index >= 15 is 0 Å². The number of aromatic nitrogens is 3. The zero-order valence-corrected chi connectivity index (χ0v) is 12.1. The summed E-state index contributed by atoms with van der Waals surface area (Å²) in [5.41, 5.74) is 5.40. The Bertz CT molecular complexity index is 688. The number of sulfonamides is 1. The molecule has 0 spiro atoms. The average Bonchev–Trinajstić information content (AvgIpc) is 2.96. The van der Waals surface area contributed by atoms with Gasteiger partial charge >= 0.3 is 0 Å². The minimum Gasteiger partial charge on any atom is -0.326 e. The van der Waals surface area contributed by atoms with E-state index in [1.807, 2.05) is 0 Å². The smallest absolute Gasteiger partial charge is 0.240 e. The molecular weight excluding hydrogens is 297 g/mol. The third-order valence-corrected chi connectivity index (χ3v) is 4.44. The van der Waals surface area contributed by atoms with E-state index in [1.165, 1.54) is 18.2 Å². The Morgan fingerprint density at radius 3 is 2.86 bits per heavy atom. The number of nitrogens with zero attached hydrogens (tertiary/aromatic N) is 3. The van der Waals surface area contributed by atoms with Gasteiger partial charge in [0, 0.05) is 31.4 Å². The van der Waals surface area contributed by atoms with Crippen molar-refractivity contribution in [2.75, 3.05) is 6.54 Å². The molecule has 1 aromatic heterocycles. The topological polar surface area (TPSA) is 103 Å². The second kappa shape index (κ2) is 6.74. The van der Waals surface area contributed by atoms with Crippen molar-refractivity contribution in [1.82, 2.24) is 19.7 Å². The highest BCUT2D eigenvalue weighted by Gasteiger charge is 2.19. The molecular formula is C12H16FN5O2S. The minimum atomic E-state index is -3.78. The van der Waals surface area contributed by atoms with Gasteiger partial charge in [0.2, 0.25) is 10.0 Å². The van der Waals surface area contributed by atoms with Gasteiger partial charge in [-0.1, -0.05) is 11.3 Å². The summed E-state index contributed by atoms with van der Waals surface area (Å²) in [6.07, 6.45) is 3.77. The quantitative estimate of drug-likeness (QED) is 0.713. The molecule has 7 nitrogen and oxygen atoms in total. The summed E-state index contributed by atoms with van der Waals surface area (Å²) in [7, 11) is -3.78. The lowest BCUT2D eigenvalue weighted by Gasteiger charge is -2.11. The Hall–Kier alpha value is -1.84. The fraction of sp³-hybridized carbons (Fsp3) is 0.333. The SMILES string of the molecule is NCc1c(F)cccc1S(=O)(=O)NCCCn1ccnn1. The largest absolute Gasteiger partial charge is 0.326 e. The van der Waals surface area contributed by atoms with Gasteiger partial charge in [-0.15, -0.1) is 5.10 Å². The van der Waals surface area contributed by atoms with Crippen LogP contribution in [0.25, 0.3) is 0 Å². The average molecular weight is 313 g/mol. The van der Waals surface area contributed by atoms with Crippen LogP contribution in [-0.4, -0.2) is 30.0 Å². The third-order valence-electron chi connectivity index (χ3n) is 2.90. The van der Waals surface area contributed by atoms with Gasteiger partial charge in [-0.3, -0.25) is 4.68 Å². The van der Waals surface area contributed by atoms with Crippen LogP contribution in [0.1, 0.15) is 12.0 Å². The molecule has 0 fully saturated rings. The lowest BCUT2D eigenvalue weighted by Crippen LogP contribution is -2.27. The Morgan fingerprint density at radius 2 is 2.19 bits per heavy atom. The second-order valence-corrected chi connectivity index (χ2v) is 6.07. The molecule has 1 heterocycles. The molecule has 0 radical (unpaired) electrons. The fourth-order valence-electron chi connectivity index (χ4n) is 1.87. The molecule has 21 heavy (non-hydrogen) atoms. The summed E-state index contributed by atoms with van der Waals surface area (Å²) in [5, 5.41) is 7.42. The minimum absolute atomic E-state index is 0.0127. The number of aryl methyl sites for hydroxylation is 1. The van der Waals surface area contributed by atoms with Crippen LogP contribution in [0.2, 0.25) is 0 Å². The number of rotatable bonds is 7.